The topological polar surface area (TPSA) is 91.1 Å². The number of fused-ring (bicyclic) bond motifs is 2. The third-order valence-corrected chi connectivity index (χ3v) is 5.64. The van der Waals surface area contributed by atoms with Gasteiger partial charge >= 0.3 is 5.97 Å². The number of aliphatic carboxylic acids is 2. The van der Waals surface area contributed by atoms with Crippen LogP contribution in [0, 0.1) is 0 Å². The van der Waals surface area contributed by atoms with Crippen LogP contribution >= 0.6 is 23.4 Å². The fraction of sp³-hybridized carbons (Fsp3) is 0.273. The van der Waals surface area contributed by atoms with Crippen molar-refractivity contribution in [1.82, 2.24) is 0 Å². The minimum absolute atomic E-state index is 0.0733. The van der Waals surface area contributed by atoms with E-state index in [4.69, 9.17) is 21.4 Å². The number of hydrogen-bond acceptors (Lipinski definition) is 5. The van der Waals surface area contributed by atoms with E-state index < -0.39 is 11.9 Å². The number of halogens is 1. The van der Waals surface area contributed by atoms with Crippen LogP contribution in [0.1, 0.15) is 17.2 Å². The zero-order chi connectivity index (χ0) is 22.1. The molecule has 2 aromatic carbocycles. The zero-order valence-electron chi connectivity index (χ0n) is 16.8. The van der Waals surface area contributed by atoms with Crippen LogP contribution < -0.4 is 10.0 Å². The molecule has 0 saturated carbocycles. The number of carboxylic acid groups (broad SMARTS) is 2. The third-order valence-electron chi connectivity index (χ3n) is 4.20. The molecule has 1 aliphatic heterocycles. The zero-order valence-corrected chi connectivity index (χ0v) is 18.3. The molecule has 30 heavy (non-hydrogen) atoms. The molecular weight excluding hydrogens is 426 g/mol. The highest BCUT2D eigenvalue weighted by Gasteiger charge is 2.23. The van der Waals surface area contributed by atoms with Crippen LogP contribution in [0.3, 0.4) is 0 Å². The molecule has 0 aliphatic carbocycles. The van der Waals surface area contributed by atoms with Gasteiger partial charge in [0.1, 0.15) is 6.54 Å². The molecule has 0 aromatic heterocycles. The Kier molecular flexibility index (Phi) is 9.39. The van der Waals surface area contributed by atoms with E-state index in [9.17, 15) is 14.7 Å². The third kappa shape index (κ3) is 7.84. The molecule has 3 rings (SSSR count). The van der Waals surface area contributed by atoms with E-state index in [0.29, 0.717) is 12.2 Å². The number of quaternary nitrogens is 1. The Hall–Kier alpha value is -2.32. The Bertz CT molecular complexity index is 900. The van der Waals surface area contributed by atoms with Gasteiger partial charge in [0.15, 0.2) is 0 Å². The maximum Gasteiger partial charge on any atom is 0.328 e. The smallest absolute Gasteiger partial charge is 0.328 e. The SMILES string of the molecule is C[NH+](C)CCOC1Cc2ccccc2Sc2ccc(Cl)cc21.O=C([O-])/C=C\C(=O)O. The van der Waals surface area contributed by atoms with Crippen molar-refractivity contribution in [2.45, 2.75) is 22.3 Å². The normalized spacial score (nSPS) is 15.0. The molecule has 0 spiro atoms. The number of ether oxygens (including phenoxy) is 1. The van der Waals surface area contributed by atoms with Crippen molar-refractivity contribution in [1.29, 1.82) is 0 Å². The van der Waals surface area contributed by atoms with Gasteiger partial charge in [0.2, 0.25) is 0 Å². The average Bonchev–Trinajstić information content (AvgIpc) is 2.83. The van der Waals surface area contributed by atoms with Crippen molar-refractivity contribution >= 4 is 35.3 Å². The Labute approximate surface area is 185 Å². The van der Waals surface area contributed by atoms with Gasteiger partial charge in [0.25, 0.3) is 0 Å². The maximum atomic E-state index is 9.53. The van der Waals surface area contributed by atoms with Crippen LogP contribution in [0.15, 0.2) is 64.4 Å². The lowest BCUT2D eigenvalue weighted by Crippen LogP contribution is -3.06. The van der Waals surface area contributed by atoms with Crippen molar-refractivity contribution in [2.75, 3.05) is 27.2 Å². The molecule has 1 unspecified atom stereocenters. The van der Waals surface area contributed by atoms with Gasteiger partial charge in [-0.25, -0.2) is 4.79 Å². The van der Waals surface area contributed by atoms with E-state index in [2.05, 4.69) is 50.5 Å². The molecule has 160 valence electrons. The summed E-state index contributed by atoms with van der Waals surface area (Å²) in [7, 11) is 4.29. The molecule has 1 atom stereocenters. The number of carboxylic acids is 2. The second kappa shape index (κ2) is 11.8. The van der Waals surface area contributed by atoms with Crippen LogP contribution in [-0.4, -0.2) is 44.3 Å². The van der Waals surface area contributed by atoms with Gasteiger partial charge in [-0.05, 0) is 41.5 Å². The standard InChI is InChI=1S/C18H20ClNOS.C4H4O4/c1-20(2)9-10-21-16-11-13-5-3-4-6-17(13)22-18-8-7-14(19)12-15(16)18;5-3(6)1-2-4(7)8/h3-8,12,16H,9-11H2,1-2H3;1-2H,(H,5,6)(H,7,8)/b;2-1-. The molecule has 6 nitrogen and oxygen atoms in total. The second-order valence-electron chi connectivity index (χ2n) is 6.90. The van der Waals surface area contributed by atoms with Gasteiger partial charge in [-0.1, -0.05) is 41.6 Å². The van der Waals surface area contributed by atoms with Crippen LogP contribution in [0.25, 0.3) is 0 Å². The van der Waals surface area contributed by atoms with Gasteiger partial charge < -0.3 is 24.6 Å². The van der Waals surface area contributed by atoms with Gasteiger partial charge in [-0.3, -0.25) is 0 Å². The average molecular weight is 450 g/mol. The molecular formula is C22H24ClNO5S. The van der Waals surface area contributed by atoms with Crippen molar-refractivity contribution in [3.05, 3.63) is 70.8 Å². The van der Waals surface area contributed by atoms with E-state index in [-0.39, 0.29) is 6.10 Å². The highest BCUT2D eigenvalue weighted by Crippen LogP contribution is 2.42. The second-order valence-corrected chi connectivity index (χ2v) is 8.42. The van der Waals surface area contributed by atoms with Crippen LogP contribution in [-0.2, 0) is 20.7 Å². The fourth-order valence-electron chi connectivity index (χ4n) is 2.76. The highest BCUT2D eigenvalue weighted by atomic mass is 35.5. The molecule has 0 bridgehead atoms. The van der Waals surface area contributed by atoms with E-state index in [0.717, 1.165) is 24.6 Å². The summed E-state index contributed by atoms with van der Waals surface area (Å²) in [5.41, 5.74) is 2.56. The van der Waals surface area contributed by atoms with Crippen LogP contribution in [0.5, 0.6) is 0 Å². The predicted octanol–water partition coefficient (Wildman–Crippen LogP) is 1.63. The van der Waals surface area contributed by atoms with Crippen LogP contribution in [0.4, 0.5) is 0 Å². The summed E-state index contributed by atoms with van der Waals surface area (Å²) in [5.74, 6) is -2.80. The van der Waals surface area contributed by atoms with Gasteiger partial charge in [-0.15, -0.1) is 0 Å². The molecule has 0 amide bonds. The highest BCUT2D eigenvalue weighted by molar-refractivity contribution is 7.99. The minimum Gasteiger partial charge on any atom is -0.545 e. The Morgan fingerprint density at radius 1 is 1.23 bits per heavy atom. The molecule has 1 heterocycles. The number of hydrogen-bond donors (Lipinski definition) is 2. The minimum atomic E-state index is -1.51. The molecule has 0 saturated heterocycles. The van der Waals surface area contributed by atoms with E-state index in [1.807, 2.05) is 17.8 Å². The predicted molar refractivity (Wildman–Crippen MR) is 114 cm³/mol. The van der Waals surface area contributed by atoms with E-state index >= 15 is 0 Å². The lowest BCUT2D eigenvalue weighted by molar-refractivity contribution is -0.858. The Balaban J connectivity index is 0.000000343. The Morgan fingerprint density at radius 3 is 2.60 bits per heavy atom. The first-order valence-corrected chi connectivity index (χ1v) is 10.5. The number of carbonyl (C=O) groups is 2. The lowest BCUT2D eigenvalue weighted by atomic mass is 10.0. The summed E-state index contributed by atoms with van der Waals surface area (Å²) in [6.45, 7) is 1.76. The van der Waals surface area contributed by atoms with Gasteiger partial charge in [-0.2, -0.15) is 0 Å². The first kappa shape index (κ1) is 24.0. The van der Waals surface area contributed by atoms with E-state index in [1.54, 1.807) is 0 Å². The number of benzene rings is 2. The summed E-state index contributed by atoms with van der Waals surface area (Å²) in [4.78, 5) is 22.9. The summed E-state index contributed by atoms with van der Waals surface area (Å²) in [6.07, 6.45) is 1.92. The van der Waals surface area contributed by atoms with Crippen molar-refractivity contribution in [2.24, 2.45) is 0 Å². The molecule has 8 heteroatoms. The monoisotopic (exact) mass is 449 g/mol. The van der Waals surface area contributed by atoms with E-state index in [1.165, 1.54) is 25.8 Å². The molecule has 0 radical (unpaired) electrons. The number of nitrogens with one attached hydrogen (secondary N) is 1. The molecule has 2 N–H and O–H groups in total. The lowest BCUT2D eigenvalue weighted by Gasteiger charge is -2.19. The van der Waals surface area contributed by atoms with Crippen molar-refractivity contribution < 1.29 is 29.4 Å². The molecule has 1 aliphatic rings. The number of carbonyl (C=O) groups excluding carboxylic acids is 1. The first-order chi connectivity index (χ1) is 14.3. The summed E-state index contributed by atoms with van der Waals surface area (Å²) in [6, 6.07) is 14.7. The van der Waals surface area contributed by atoms with Gasteiger partial charge in [0.05, 0.1) is 32.8 Å². The first-order valence-electron chi connectivity index (χ1n) is 9.34. The van der Waals surface area contributed by atoms with Crippen molar-refractivity contribution in [3.8, 4) is 0 Å². The number of likely N-dealkylation sites (N-methyl/N-ethyl adjacent to an activating group) is 1. The summed E-state index contributed by atoms with van der Waals surface area (Å²) >= 11 is 8.03. The Morgan fingerprint density at radius 2 is 1.97 bits per heavy atom. The van der Waals surface area contributed by atoms with Crippen LogP contribution in [0.2, 0.25) is 5.02 Å². The van der Waals surface area contributed by atoms with Gasteiger partial charge in [0, 0.05) is 27.3 Å². The van der Waals surface area contributed by atoms with Crippen molar-refractivity contribution in [3.63, 3.8) is 0 Å². The molecule has 2 aromatic rings. The fourth-order valence-corrected chi connectivity index (χ4v) is 4.05. The molecule has 0 fully saturated rings. The summed E-state index contributed by atoms with van der Waals surface area (Å²) < 4.78 is 6.22. The maximum absolute atomic E-state index is 9.53. The summed E-state index contributed by atoms with van der Waals surface area (Å²) in [5, 5.41) is 18.0. The largest absolute Gasteiger partial charge is 0.545 e. The number of rotatable bonds is 6. The quantitative estimate of drug-likeness (QED) is 0.651.